The lowest BCUT2D eigenvalue weighted by Gasteiger charge is -2.32. The van der Waals surface area contributed by atoms with Gasteiger partial charge >= 0.3 is 0 Å². The van der Waals surface area contributed by atoms with Crippen molar-refractivity contribution >= 4 is 34.2 Å². The third-order valence-electron chi connectivity index (χ3n) is 5.41. The van der Waals surface area contributed by atoms with E-state index in [4.69, 9.17) is 4.99 Å². The fourth-order valence-electron chi connectivity index (χ4n) is 3.96. The molecule has 2 aromatic rings. The maximum Gasteiger partial charge on any atom is 0.253 e. The van der Waals surface area contributed by atoms with Gasteiger partial charge in [-0.15, -0.1) is 0 Å². The van der Waals surface area contributed by atoms with Crippen LogP contribution in [-0.2, 0) is 4.79 Å². The minimum absolute atomic E-state index is 0.0726. The number of anilines is 2. The van der Waals surface area contributed by atoms with E-state index in [1.165, 1.54) is 12.8 Å². The molecule has 5 rings (SSSR count). The number of carbonyl (C=O) groups excluding carboxylic acids is 1. The van der Waals surface area contributed by atoms with Gasteiger partial charge in [0.2, 0.25) is 0 Å². The van der Waals surface area contributed by atoms with Crippen LogP contribution >= 0.6 is 11.8 Å². The van der Waals surface area contributed by atoms with Gasteiger partial charge in [0, 0.05) is 42.8 Å². The molecule has 2 fully saturated rings. The summed E-state index contributed by atoms with van der Waals surface area (Å²) in [7, 11) is 0. The summed E-state index contributed by atoms with van der Waals surface area (Å²) in [5, 5.41) is 1.16. The van der Waals surface area contributed by atoms with E-state index >= 15 is 0 Å². The quantitative estimate of drug-likeness (QED) is 0.821. The number of thioether (sulfide) groups is 1. The van der Waals surface area contributed by atoms with E-state index in [1.807, 2.05) is 23.2 Å². The zero-order valence-corrected chi connectivity index (χ0v) is 15.8. The highest BCUT2D eigenvalue weighted by atomic mass is 32.2. The molecule has 0 N–H and O–H groups in total. The van der Waals surface area contributed by atoms with Crippen molar-refractivity contribution in [1.82, 2.24) is 9.97 Å². The van der Waals surface area contributed by atoms with Gasteiger partial charge in [0.1, 0.15) is 16.9 Å². The zero-order valence-electron chi connectivity index (χ0n) is 15.0. The SMILES string of the molecule is O=C1C2N=C(c3ccc(N4CCCC4)nc3)SC2CCN1c1cccnc1. The van der Waals surface area contributed by atoms with Crippen molar-refractivity contribution in [3.05, 3.63) is 48.4 Å². The molecule has 7 heteroatoms. The molecule has 2 unspecified atom stereocenters. The molecule has 138 valence electrons. The number of pyridine rings is 2. The van der Waals surface area contributed by atoms with Crippen molar-refractivity contribution in [2.45, 2.75) is 30.6 Å². The van der Waals surface area contributed by atoms with Gasteiger partial charge in [-0.1, -0.05) is 11.8 Å². The molecule has 2 atom stereocenters. The fraction of sp³-hybridized carbons (Fsp3) is 0.400. The number of piperidine rings is 1. The number of carbonyl (C=O) groups is 1. The first-order chi connectivity index (χ1) is 13.3. The summed E-state index contributed by atoms with van der Waals surface area (Å²) in [6.45, 7) is 2.89. The fourth-order valence-corrected chi connectivity index (χ4v) is 5.21. The third-order valence-corrected chi connectivity index (χ3v) is 6.77. The molecule has 2 saturated heterocycles. The summed E-state index contributed by atoms with van der Waals surface area (Å²) in [6, 6.07) is 7.65. The van der Waals surface area contributed by atoms with Crippen molar-refractivity contribution in [1.29, 1.82) is 0 Å². The van der Waals surface area contributed by atoms with Gasteiger partial charge in [-0.05, 0) is 43.5 Å². The van der Waals surface area contributed by atoms with Gasteiger partial charge in [0.05, 0.1) is 11.9 Å². The molecule has 5 heterocycles. The summed E-state index contributed by atoms with van der Waals surface area (Å²) in [6.07, 6.45) is 8.78. The van der Waals surface area contributed by atoms with Crippen molar-refractivity contribution < 1.29 is 4.79 Å². The van der Waals surface area contributed by atoms with Gasteiger partial charge in [-0.3, -0.25) is 14.8 Å². The topological polar surface area (TPSA) is 61.7 Å². The summed E-state index contributed by atoms with van der Waals surface area (Å²) in [4.78, 5) is 30.7. The second kappa shape index (κ2) is 6.96. The van der Waals surface area contributed by atoms with E-state index in [9.17, 15) is 4.79 Å². The summed E-state index contributed by atoms with van der Waals surface area (Å²) in [5.74, 6) is 1.11. The largest absolute Gasteiger partial charge is 0.357 e. The van der Waals surface area contributed by atoms with Crippen LogP contribution in [0.3, 0.4) is 0 Å². The number of aliphatic imine (C=N–C) groups is 1. The number of amides is 1. The molecule has 1 amide bonds. The minimum Gasteiger partial charge on any atom is -0.357 e. The summed E-state index contributed by atoms with van der Waals surface area (Å²) >= 11 is 1.72. The molecule has 0 saturated carbocycles. The van der Waals surface area contributed by atoms with E-state index in [2.05, 4.69) is 27.0 Å². The van der Waals surface area contributed by atoms with Crippen LogP contribution in [-0.4, -0.2) is 51.8 Å². The molecule has 3 aliphatic rings. The molecule has 0 bridgehead atoms. The first-order valence-corrected chi connectivity index (χ1v) is 10.3. The maximum atomic E-state index is 13.0. The molecule has 0 spiro atoms. The molecule has 27 heavy (non-hydrogen) atoms. The predicted octanol–water partition coefficient (Wildman–Crippen LogP) is 2.74. The van der Waals surface area contributed by atoms with Gasteiger partial charge in [-0.25, -0.2) is 4.98 Å². The Bertz CT molecular complexity index is 864. The molecule has 0 aromatic carbocycles. The highest BCUT2D eigenvalue weighted by Crippen LogP contribution is 2.37. The third kappa shape index (κ3) is 3.10. The zero-order chi connectivity index (χ0) is 18.2. The number of rotatable bonds is 3. The first kappa shape index (κ1) is 16.7. The van der Waals surface area contributed by atoms with E-state index in [0.717, 1.165) is 41.6 Å². The van der Waals surface area contributed by atoms with E-state index in [-0.39, 0.29) is 17.2 Å². The number of fused-ring (bicyclic) bond motifs is 1. The second-order valence-electron chi connectivity index (χ2n) is 7.12. The van der Waals surface area contributed by atoms with Crippen LogP contribution in [0.2, 0.25) is 0 Å². The lowest BCUT2D eigenvalue weighted by molar-refractivity contribution is -0.120. The Morgan fingerprint density at radius 1 is 1.07 bits per heavy atom. The molecule has 2 aromatic heterocycles. The summed E-state index contributed by atoms with van der Waals surface area (Å²) in [5.41, 5.74) is 1.87. The minimum atomic E-state index is -0.308. The van der Waals surface area contributed by atoms with Crippen molar-refractivity contribution in [3.8, 4) is 0 Å². The van der Waals surface area contributed by atoms with Crippen LogP contribution in [0, 0.1) is 0 Å². The van der Waals surface area contributed by atoms with E-state index < -0.39 is 0 Å². The van der Waals surface area contributed by atoms with Crippen LogP contribution < -0.4 is 9.80 Å². The normalized spacial score (nSPS) is 24.9. The highest BCUT2D eigenvalue weighted by Gasteiger charge is 2.42. The standard InChI is InChI=1S/C20H21N5OS/c26-20-18-16(7-11-25(20)15-4-3-8-21-13-15)27-19(23-18)14-5-6-17(22-12-14)24-9-1-2-10-24/h3-6,8,12-13,16,18H,1-2,7,9-11H2. The lowest BCUT2D eigenvalue weighted by Crippen LogP contribution is -2.48. The Morgan fingerprint density at radius 3 is 2.70 bits per heavy atom. The van der Waals surface area contributed by atoms with Crippen LogP contribution in [0.1, 0.15) is 24.8 Å². The van der Waals surface area contributed by atoms with Crippen LogP contribution in [0.25, 0.3) is 0 Å². The predicted molar refractivity (Wildman–Crippen MR) is 109 cm³/mol. The Balaban J connectivity index is 1.35. The Kier molecular flexibility index (Phi) is 4.32. The van der Waals surface area contributed by atoms with Crippen LogP contribution in [0.4, 0.5) is 11.5 Å². The second-order valence-corrected chi connectivity index (χ2v) is 8.35. The number of hydrogen-bond donors (Lipinski definition) is 0. The lowest BCUT2D eigenvalue weighted by atomic mass is 10.0. The number of nitrogens with zero attached hydrogens (tertiary/aromatic N) is 5. The highest BCUT2D eigenvalue weighted by molar-refractivity contribution is 8.15. The van der Waals surface area contributed by atoms with Crippen molar-refractivity contribution in [3.63, 3.8) is 0 Å². The van der Waals surface area contributed by atoms with Crippen molar-refractivity contribution in [2.75, 3.05) is 29.4 Å². The van der Waals surface area contributed by atoms with E-state index in [1.54, 1.807) is 24.2 Å². The first-order valence-electron chi connectivity index (χ1n) is 9.47. The molecule has 6 nitrogen and oxygen atoms in total. The van der Waals surface area contributed by atoms with Crippen LogP contribution in [0.15, 0.2) is 47.8 Å². The molecule has 0 radical (unpaired) electrons. The molecule has 0 aliphatic carbocycles. The average Bonchev–Trinajstić information content (AvgIpc) is 3.40. The smallest absolute Gasteiger partial charge is 0.253 e. The monoisotopic (exact) mass is 379 g/mol. The molecular weight excluding hydrogens is 358 g/mol. The Hall–Kier alpha value is -2.41. The van der Waals surface area contributed by atoms with Crippen LogP contribution in [0.5, 0.6) is 0 Å². The Labute approximate surface area is 162 Å². The number of hydrogen-bond acceptors (Lipinski definition) is 6. The maximum absolute atomic E-state index is 13.0. The van der Waals surface area contributed by atoms with Gasteiger partial charge in [0.25, 0.3) is 5.91 Å². The summed E-state index contributed by atoms with van der Waals surface area (Å²) < 4.78 is 0. The van der Waals surface area contributed by atoms with E-state index in [0.29, 0.717) is 6.54 Å². The molecular formula is C20H21N5OS. The van der Waals surface area contributed by atoms with Gasteiger partial charge < -0.3 is 9.80 Å². The molecule has 3 aliphatic heterocycles. The van der Waals surface area contributed by atoms with Crippen molar-refractivity contribution in [2.24, 2.45) is 4.99 Å². The average molecular weight is 379 g/mol. The van der Waals surface area contributed by atoms with Gasteiger partial charge in [-0.2, -0.15) is 0 Å². The Morgan fingerprint density at radius 2 is 1.96 bits per heavy atom. The van der Waals surface area contributed by atoms with Gasteiger partial charge in [0.15, 0.2) is 0 Å². The number of aromatic nitrogens is 2.